The molecule has 5 aromatic rings. The van der Waals surface area contributed by atoms with Crippen molar-refractivity contribution < 1.29 is 4.42 Å². The molecule has 0 unspecified atom stereocenters. The molecule has 2 aromatic carbocycles. The van der Waals surface area contributed by atoms with Gasteiger partial charge in [-0.3, -0.25) is 9.36 Å². The number of aryl methyl sites for hydroxylation is 1. The standard InChI is InChI=1S/C22H15ClN4O2/c1-14-4-2-5-17(12-14)26-21(19-6-3-11-29-19)25-20-18(22(26)28)13-24-27(20)16-9-7-15(23)8-10-16/h2-13H,1H3. The molecule has 0 N–H and O–H groups in total. The summed E-state index contributed by atoms with van der Waals surface area (Å²) in [5.41, 5.74) is 2.75. The summed E-state index contributed by atoms with van der Waals surface area (Å²) in [5.74, 6) is 0.906. The summed E-state index contributed by atoms with van der Waals surface area (Å²) in [6.07, 6.45) is 3.10. The van der Waals surface area contributed by atoms with Gasteiger partial charge in [-0.1, -0.05) is 23.7 Å². The summed E-state index contributed by atoms with van der Waals surface area (Å²) >= 11 is 6.00. The molecule has 0 radical (unpaired) electrons. The molecule has 0 aliphatic heterocycles. The molecule has 0 fully saturated rings. The molecule has 0 aliphatic rings. The zero-order valence-electron chi connectivity index (χ0n) is 15.4. The molecule has 6 nitrogen and oxygen atoms in total. The minimum Gasteiger partial charge on any atom is -0.461 e. The van der Waals surface area contributed by atoms with Crippen LogP contribution in [-0.2, 0) is 0 Å². The van der Waals surface area contributed by atoms with Crippen molar-refractivity contribution in [3.05, 3.63) is 94.1 Å². The first-order chi connectivity index (χ1) is 14.1. The van der Waals surface area contributed by atoms with Crippen LogP contribution in [0.5, 0.6) is 0 Å². The molecule has 29 heavy (non-hydrogen) atoms. The number of furan rings is 1. The average Bonchev–Trinajstić information content (AvgIpc) is 3.38. The number of aromatic nitrogens is 4. The van der Waals surface area contributed by atoms with Crippen molar-refractivity contribution in [2.24, 2.45) is 0 Å². The van der Waals surface area contributed by atoms with Crippen LogP contribution in [0.1, 0.15) is 5.56 Å². The fourth-order valence-corrected chi connectivity index (χ4v) is 3.44. The van der Waals surface area contributed by atoms with E-state index in [-0.39, 0.29) is 5.56 Å². The minimum absolute atomic E-state index is 0.216. The SMILES string of the molecule is Cc1cccc(-n2c(-c3ccco3)nc3c(cnn3-c3ccc(Cl)cc3)c2=O)c1. The van der Waals surface area contributed by atoms with Gasteiger partial charge in [-0.2, -0.15) is 5.10 Å². The summed E-state index contributed by atoms with van der Waals surface area (Å²) in [6, 6.07) is 18.4. The van der Waals surface area contributed by atoms with Gasteiger partial charge in [-0.15, -0.1) is 0 Å². The maximum Gasteiger partial charge on any atom is 0.269 e. The summed E-state index contributed by atoms with van der Waals surface area (Å²) in [4.78, 5) is 18.2. The molecule has 5 rings (SSSR count). The number of rotatable bonds is 3. The summed E-state index contributed by atoms with van der Waals surface area (Å²) in [5, 5.41) is 5.43. The number of benzene rings is 2. The highest BCUT2D eigenvalue weighted by atomic mass is 35.5. The van der Waals surface area contributed by atoms with Crippen LogP contribution in [-0.4, -0.2) is 19.3 Å². The van der Waals surface area contributed by atoms with Gasteiger partial charge in [0, 0.05) is 5.02 Å². The van der Waals surface area contributed by atoms with Crippen molar-refractivity contribution >= 4 is 22.6 Å². The van der Waals surface area contributed by atoms with Gasteiger partial charge >= 0.3 is 0 Å². The third-order valence-corrected chi connectivity index (χ3v) is 4.93. The number of fused-ring (bicyclic) bond motifs is 1. The number of hydrogen-bond acceptors (Lipinski definition) is 4. The lowest BCUT2D eigenvalue weighted by molar-refractivity contribution is 0.574. The topological polar surface area (TPSA) is 65.8 Å². The first kappa shape index (κ1) is 17.5. The van der Waals surface area contributed by atoms with Gasteiger partial charge in [0.05, 0.1) is 23.8 Å². The van der Waals surface area contributed by atoms with E-state index in [2.05, 4.69) is 5.10 Å². The van der Waals surface area contributed by atoms with Crippen molar-refractivity contribution in [2.45, 2.75) is 6.92 Å². The van der Waals surface area contributed by atoms with E-state index in [9.17, 15) is 4.79 Å². The third-order valence-electron chi connectivity index (χ3n) is 4.67. The minimum atomic E-state index is -0.216. The first-order valence-corrected chi connectivity index (χ1v) is 9.37. The number of hydrogen-bond donors (Lipinski definition) is 0. The number of nitrogens with zero attached hydrogens (tertiary/aromatic N) is 4. The van der Waals surface area contributed by atoms with Crippen molar-refractivity contribution in [2.75, 3.05) is 0 Å². The molecule has 3 aromatic heterocycles. The average molecular weight is 403 g/mol. The van der Waals surface area contributed by atoms with Gasteiger partial charge in [0.1, 0.15) is 5.39 Å². The molecule has 0 spiro atoms. The van der Waals surface area contributed by atoms with E-state index in [4.69, 9.17) is 21.0 Å². The zero-order valence-corrected chi connectivity index (χ0v) is 16.2. The Balaban J connectivity index is 1.84. The van der Waals surface area contributed by atoms with Gasteiger partial charge in [0.2, 0.25) is 0 Å². The summed E-state index contributed by atoms with van der Waals surface area (Å²) in [7, 11) is 0. The molecule has 0 atom stereocenters. The van der Waals surface area contributed by atoms with Crippen molar-refractivity contribution in [3.8, 4) is 23.0 Å². The highest BCUT2D eigenvalue weighted by Gasteiger charge is 2.19. The Labute approximate surface area is 170 Å². The third kappa shape index (κ3) is 2.94. The second-order valence-corrected chi connectivity index (χ2v) is 7.10. The normalized spacial score (nSPS) is 11.2. The van der Waals surface area contributed by atoms with Crippen LogP contribution in [0.25, 0.3) is 34.0 Å². The Bertz CT molecular complexity index is 1380. The van der Waals surface area contributed by atoms with E-state index in [0.29, 0.717) is 27.6 Å². The second-order valence-electron chi connectivity index (χ2n) is 6.66. The highest BCUT2D eigenvalue weighted by molar-refractivity contribution is 6.30. The van der Waals surface area contributed by atoms with Gasteiger partial charge in [-0.05, 0) is 61.0 Å². The quantitative estimate of drug-likeness (QED) is 0.435. The van der Waals surface area contributed by atoms with Crippen LogP contribution >= 0.6 is 11.6 Å². The Morgan fingerprint density at radius 2 is 1.83 bits per heavy atom. The van der Waals surface area contributed by atoms with Gasteiger partial charge in [0.25, 0.3) is 5.56 Å². The lowest BCUT2D eigenvalue weighted by atomic mass is 10.2. The molecule has 0 saturated carbocycles. The second kappa shape index (κ2) is 6.76. The Hall–Kier alpha value is -3.64. The van der Waals surface area contributed by atoms with Crippen molar-refractivity contribution in [3.63, 3.8) is 0 Å². The molecule has 142 valence electrons. The fourth-order valence-electron chi connectivity index (χ4n) is 3.32. The lowest BCUT2D eigenvalue weighted by Crippen LogP contribution is -2.22. The van der Waals surface area contributed by atoms with E-state index in [1.54, 1.807) is 39.8 Å². The molecule has 0 aliphatic carbocycles. The van der Waals surface area contributed by atoms with E-state index in [0.717, 1.165) is 16.9 Å². The van der Waals surface area contributed by atoms with Crippen LogP contribution in [0.3, 0.4) is 0 Å². The Morgan fingerprint density at radius 1 is 1.00 bits per heavy atom. The van der Waals surface area contributed by atoms with Crippen molar-refractivity contribution in [1.29, 1.82) is 0 Å². The van der Waals surface area contributed by atoms with E-state index >= 15 is 0 Å². The largest absolute Gasteiger partial charge is 0.461 e. The smallest absolute Gasteiger partial charge is 0.269 e. The molecule has 7 heteroatoms. The lowest BCUT2D eigenvalue weighted by Gasteiger charge is -2.12. The molecule has 0 amide bonds. The van der Waals surface area contributed by atoms with E-state index in [1.165, 1.54) is 6.20 Å². The van der Waals surface area contributed by atoms with Crippen LogP contribution in [0, 0.1) is 6.92 Å². The monoisotopic (exact) mass is 402 g/mol. The van der Waals surface area contributed by atoms with Crippen LogP contribution in [0.15, 0.2) is 82.3 Å². The first-order valence-electron chi connectivity index (χ1n) is 8.99. The van der Waals surface area contributed by atoms with Crippen LogP contribution in [0.4, 0.5) is 0 Å². The highest BCUT2D eigenvalue weighted by Crippen LogP contribution is 2.24. The van der Waals surface area contributed by atoms with E-state index < -0.39 is 0 Å². The molecular formula is C22H15ClN4O2. The zero-order chi connectivity index (χ0) is 20.0. The fraction of sp³-hybridized carbons (Fsp3) is 0.0455. The molecule has 3 heterocycles. The predicted molar refractivity (Wildman–Crippen MR) is 112 cm³/mol. The Morgan fingerprint density at radius 3 is 2.55 bits per heavy atom. The maximum atomic E-state index is 13.5. The van der Waals surface area contributed by atoms with Gasteiger partial charge < -0.3 is 4.42 Å². The summed E-state index contributed by atoms with van der Waals surface area (Å²) in [6.45, 7) is 1.98. The molecule has 0 bridgehead atoms. The maximum absolute atomic E-state index is 13.5. The summed E-state index contributed by atoms with van der Waals surface area (Å²) < 4.78 is 8.77. The van der Waals surface area contributed by atoms with Crippen molar-refractivity contribution in [1.82, 2.24) is 19.3 Å². The van der Waals surface area contributed by atoms with Crippen LogP contribution in [0.2, 0.25) is 5.02 Å². The van der Waals surface area contributed by atoms with Gasteiger partial charge in [0.15, 0.2) is 17.2 Å². The Kier molecular flexibility index (Phi) is 4.07. The van der Waals surface area contributed by atoms with E-state index in [1.807, 2.05) is 43.3 Å². The van der Waals surface area contributed by atoms with Crippen LogP contribution < -0.4 is 5.56 Å². The predicted octanol–water partition coefficient (Wildman–Crippen LogP) is 4.79. The number of halogens is 1. The molecular weight excluding hydrogens is 388 g/mol. The van der Waals surface area contributed by atoms with Gasteiger partial charge in [-0.25, -0.2) is 9.67 Å². The molecule has 0 saturated heterocycles.